The second-order valence-corrected chi connectivity index (χ2v) is 3.85. The van der Waals surface area contributed by atoms with E-state index in [0.29, 0.717) is 13.0 Å². The number of carbonyl (C=O) groups excluding carboxylic acids is 1. The summed E-state index contributed by atoms with van der Waals surface area (Å²) in [6.45, 7) is 2.30. The zero-order valence-electron chi connectivity index (χ0n) is 8.74. The van der Waals surface area contributed by atoms with Gasteiger partial charge >= 0.3 is 5.97 Å². The Balaban J connectivity index is 2.22. The molecule has 1 rings (SSSR count). The highest BCUT2D eigenvalue weighted by atomic mass is 16.5. The largest absolute Gasteiger partial charge is 0.465 e. The standard InChI is InChI=1S/C10H19NO3/c1-11-5-2-4-9(8-11)10(13)14-7-3-6-12/h9,12H,2-8H2,1H3. The number of aliphatic hydroxyl groups is 1. The number of nitrogens with zero attached hydrogens (tertiary/aromatic N) is 1. The number of carbonyl (C=O) groups is 1. The SMILES string of the molecule is CN1CCCC(C(=O)OCCCO)C1. The average Bonchev–Trinajstić information content (AvgIpc) is 2.18. The average molecular weight is 201 g/mol. The van der Waals surface area contributed by atoms with Crippen LogP contribution in [-0.4, -0.2) is 49.3 Å². The molecule has 1 fully saturated rings. The number of hydrogen-bond acceptors (Lipinski definition) is 4. The highest BCUT2D eigenvalue weighted by Gasteiger charge is 2.24. The number of esters is 1. The van der Waals surface area contributed by atoms with Gasteiger partial charge in [-0.25, -0.2) is 0 Å². The number of aliphatic hydroxyl groups excluding tert-OH is 1. The van der Waals surface area contributed by atoms with Crippen molar-refractivity contribution in [3.63, 3.8) is 0 Å². The number of likely N-dealkylation sites (tertiary alicyclic amines) is 1. The highest BCUT2D eigenvalue weighted by Crippen LogP contribution is 2.16. The van der Waals surface area contributed by atoms with Crippen LogP contribution < -0.4 is 0 Å². The molecule has 0 radical (unpaired) electrons. The van der Waals surface area contributed by atoms with Gasteiger partial charge in [0.1, 0.15) is 0 Å². The minimum atomic E-state index is -0.106. The van der Waals surface area contributed by atoms with Crippen molar-refractivity contribution < 1.29 is 14.6 Å². The molecule has 1 unspecified atom stereocenters. The third-order valence-electron chi connectivity index (χ3n) is 2.50. The van der Waals surface area contributed by atoms with Crippen molar-refractivity contribution in [2.45, 2.75) is 19.3 Å². The van der Waals surface area contributed by atoms with Crippen LogP contribution in [0.2, 0.25) is 0 Å². The molecule has 0 spiro atoms. The summed E-state index contributed by atoms with van der Waals surface area (Å²) in [7, 11) is 2.02. The van der Waals surface area contributed by atoms with E-state index in [1.807, 2.05) is 7.05 Å². The molecule has 1 N–H and O–H groups in total. The van der Waals surface area contributed by atoms with E-state index in [9.17, 15) is 4.79 Å². The molecule has 1 saturated heterocycles. The second-order valence-electron chi connectivity index (χ2n) is 3.85. The molecule has 0 bridgehead atoms. The lowest BCUT2D eigenvalue weighted by atomic mass is 9.99. The molecule has 0 saturated carbocycles. The van der Waals surface area contributed by atoms with Crippen molar-refractivity contribution >= 4 is 5.97 Å². The predicted molar refractivity (Wildman–Crippen MR) is 52.9 cm³/mol. The molecular weight excluding hydrogens is 182 g/mol. The fourth-order valence-corrected chi connectivity index (χ4v) is 1.71. The van der Waals surface area contributed by atoms with Gasteiger partial charge in [-0.1, -0.05) is 0 Å². The third-order valence-corrected chi connectivity index (χ3v) is 2.50. The first-order valence-electron chi connectivity index (χ1n) is 5.20. The minimum Gasteiger partial charge on any atom is -0.465 e. The smallest absolute Gasteiger partial charge is 0.310 e. The van der Waals surface area contributed by atoms with Crippen LogP contribution in [0.15, 0.2) is 0 Å². The Kier molecular flexibility index (Phi) is 4.90. The summed E-state index contributed by atoms with van der Waals surface area (Å²) in [6, 6.07) is 0. The Labute approximate surface area is 84.8 Å². The van der Waals surface area contributed by atoms with E-state index < -0.39 is 0 Å². The van der Waals surface area contributed by atoms with Gasteiger partial charge in [-0.3, -0.25) is 4.79 Å². The molecule has 1 heterocycles. The molecule has 0 aromatic carbocycles. The zero-order chi connectivity index (χ0) is 10.4. The monoisotopic (exact) mass is 201 g/mol. The van der Waals surface area contributed by atoms with Gasteiger partial charge in [-0.2, -0.15) is 0 Å². The quantitative estimate of drug-likeness (QED) is 0.523. The topological polar surface area (TPSA) is 49.8 Å². The first-order chi connectivity index (χ1) is 6.74. The first-order valence-corrected chi connectivity index (χ1v) is 5.20. The van der Waals surface area contributed by atoms with Crippen molar-refractivity contribution in [1.82, 2.24) is 4.90 Å². The third kappa shape index (κ3) is 3.64. The van der Waals surface area contributed by atoms with E-state index in [1.54, 1.807) is 0 Å². The number of hydrogen-bond donors (Lipinski definition) is 1. The summed E-state index contributed by atoms with van der Waals surface area (Å²) in [5.74, 6) is -0.0718. The molecule has 4 heteroatoms. The van der Waals surface area contributed by atoms with Crippen molar-refractivity contribution in [3.8, 4) is 0 Å². The van der Waals surface area contributed by atoms with Crippen LogP contribution in [0.1, 0.15) is 19.3 Å². The fourth-order valence-electron chi connectivity index (χ4n) is 1.71. The summed E-state index contributed by atoms with van der Waals surface area (Å²) < 4.78 is 5.04. The Morgan fingerprint density at radius 2 is 2.43 bits per heavy atom. The summed E-state index contributed by atoms with van der Waals surface area (Å²) >= 11 is 0. The molecule has 1 aliphatic heterocycles. The van der Waals surface area contributed by atoms with Gasteiger partial charge in [0, 0.05) is 19.6 Å². The summed E-state index contributed by atoms with van der Waals surface area (Å²) in [5.41, 5.74) is 0. The van der Waals surface area contributed by atoms with Gasteiger partial charge in [0.15, 0.2) is 0 Å². The van der Waals surface area contributed by atoms with E-state index in [1.165, 1.54) is 0 Å². The van der Waals surface area contributed by atoms with E-state index in [2.05, 4.69) is 4.90 Å². The van der Waals surface area contributed by atoms with Crippen LogP contribution >= 0.6 is 0 Å². The Morgan fingerprint density at radius 3 is 3.07 bits per heavy atom. The normalized spacial score (nSPS) is 23.4. The lowest BCUT2D eigenvalue weighted by Gasteiger charge is -2.28. The van der Waals surface area contributed by atoms with E-state index in [4.69, 9.17) is 9.84 Å². The maximum atomic E-state index is 11.5. The zero-order valence-corrected chi connectivity index (χ0v) is 8.74. The van der Waals surface area contributed by atoms with Crippen molar-refractivity contribution in [2.24, 2.45) is 5.92 Å². The molecule has 1 atom stereocenters. The number of ether oxygens (including phenoxy) is 1. The summed E-state index contributed by atoms with van der Waals surface area (Å²) in [6.07, 6.45) is 2.53. The molecule has 0 aromatic rings. The van der Waals surface area contributed by atoms with Crippen LogP contribution in [0.25, 0.3) is 0 Å². The van der Waals surface area contributed by atoms with Crippen LogP contribution in [0.3, 0.4) is 0 Å². The predicted octanol–water partition coefficient (Wildman–Crippen LogP) is 0.254. The molecule has 14 heavy (non-hydrogen) atoms. The van der Waals surface area contributed by atoms with Crippen molar-refractivity contribution in [2.75, 3.05) is 33.4 Å². The second kappa shape index (κ2) is 5.98. The van der Waals surface area contributed by atoms with Crippen LogP contribution in [-0.2, 0) is 9.53 Å². The van der Waals surface area contributed by atoms with Gasteiger partial charge < -0.3 is 14.7 Å². The van der Waals surface area contributed by atoms with E-state index >= 15 is 0 Å². The van der Waals surface area contributed by atoms with Gasteiger partial charge in [0.25, 0.3) is 0 Å². The first kappa shape index (κ1) is 11.5. The van der Waals surface area contributed by atoms with Gasteiger partial charge in [0.2, 0.25) is 0 Å². The van der Waals surface area contributed by atoms with E-state index in [0.717, 1.165) is 25.9 Å². The molecule has 4 nitrogen and oxygen atoms in total. The molecular formula is C10H19NO3. The molecule has 82 valence electrons. The minimum absolute atomic E-state index is 0.0347. The molecule has 0 amide bonds. The fraction of sp³-hybridized carbons (Fsp3) is 0.900. The van der Waals surface area contributed by atoms with Crippen LogP contribution in [0.4, 0.5) is 0 Å². The highest BCUT2D eigenvalue weighted by molar-refractivity contribution is 5.72. The lowest BCUT2D eigenvalue weighted by molar-refractivity contribution is -0.150. The summed E-state index contributed by atoms with van der Waals surface area (Å²) in [5, 5.41) is 8.53. The lowest BCUT2D eigenvalue weighted by Crippen LogP contribution is -2.36. The van der Waals surface area contributed by atoms with Crippen molar-refractivity contribution in [1.29, 1.82) is 0 Å². The Bertz CT molecular complexity index is 184. The molecule has 0 aliphatic carbocycles. The number of rotatable bonds is 4. The van der Waals surface area contributed by atoms with E-state index in [-0.39, 0.29) is 18.5 Å². The Morgan fingerprint density at radius 1 is 1.64 bits per heavy atom. The molecule has 1 aliphatic rings. The van der Waals surface area contributed by atoms with Gasteiger partial charge in [-0.15, -0.1) is 0 Å². The Hall–Kier alpha value is -0.610. The molecule has 0 aromatic heterocycles. The number of piperidine rings is 1. The van der Waals surface area contributed by atoms with Gasteiger partial charge in [-0.05, 0) is 26.4 Å². The van der Waals surface area contributed by atoms with Crippen LogP contribution in [0.5, 0.6) is 0 Å². The summed E-state index contributed by atoms with van der Waals surface area (Å²) in [4.78, 5) is 13.6. The maximum absolute atomic E-state index is 11.5. The van der Waals surface area contributed by atoms with Crippen molar-refractivity contribution in [3.05, 3.63) is 0 Å². The maximum Gasteiger partial charge on any atom is 0.310 e. The van der Waals surface area contributed by atoms with Gasteiger partial charge in [0.05, 0.1) is 12.5 Å². The van der Waals surface area contributed by atoms with Crippen LogP contribution in [0, 0.1) is 5.92 Å².